The summed E-state index contributed by atoms with van der Waals surface area (Å²) in [4.78, 5) is 8.59. The second kappa shape index (κ2) is 7.85. The minimum atomic E-state index is 0.0695. The molecule has 4 aromatic rings. The van der Waals surface area contributed by atoms with Gasteiger partial charge < -0.3 is 14.6 Å². The maximum atomic E-state index is 9.67. The number of aromatic hydroxyl groups is 1. The molecule has 0 unspecified atom stereocenters. The van der Waals surface area contributed by atoms with E-state index >= 15 is 0 Å². The molecule has 0 saturated carbocycles. The van der Waals surface area contributed by atoms with Crippen LogP contribution in [0.15, 0.2) is 60.1 Å². The first-order valence-corrected chi connectivity index (χ1v) is 8.69. The number of ether oxygens (including phenoxy) is 2. The molecule has 0 fully saturated rings. The number of methoxy groups -OCH3 is 2. The number of nitrogens with one attached hydrogen (secondary N) is 1. The molecular formula is C20H18N6O3. The Labute approximate surface area is 166 Å². The summed E-state index contributed by atoms with van der Waals surface area (Å²) in [5, 5.41) is 19.0. The third-order valence-electron chi connectivity index (χ3n) is 4.25. The van der Waals surface area contributed by atoms with Crippen molar-refractivity contribution in [2.24, 2.45) is 5.10 Å². The van der Waals surface area contributed by atoms with Gasteiger partial charge in [-0.3, -0.25) is 5.43 Å². The zero-order valence-corrected chi connectivity index (χ0v) is 15.8. The Morgan fingerprint density at radius 1 is 1.10 bits per heavy atom. The molecule has 0 bridgehead atoms. The fraction of sp³-hybridized carbons (Fsp3) is 0.100. The van der Waals surface area contributed by atoms with Crippen LogP contribution in [0.5, 0.6) is 17.2 Å². The summed E-state index contributed by atoms with van der Waals surface area (Å²) in [7, 11) is 3.11. The van der Waals surface area contributed by atoms with Gasteiger partial charge in [0.1, 0.15) is 12.1 Å². The Kier molecular flexibility index (Phi) is 4.93. The molecule has 0 amide bonds. The van der Waals surface area contributed by atoms with Crippen LogP contribution in [0.3, 0.4) is 0 Å². The van der Waals surface area contributed by atoms with Gasteiger partial charge in [0.05, 0.1) is 37.7 Å². The first kappa shape index (κ1) is 18.2. The predicted molar refractivity (Wildman–Crippen MR) is 109 cm³/mol. The van der Waals surface area contributed by atoms with E-state index in [2.05, 4.69) is 25.6 Å². The monoisotopic (exact) mass is 390 g/mol. The number of anilines is 1. The highest BCUT2D eigenvalue weighted by atomic mass is 16.5. The van der Waals surface area contributed by atoms with Crippen molar-refractivity contribution in [2.45, 2.75) is 0 Å². The molecule has 0 spiro atoms. The molecule has 0 aliphatic heterocycles. The zero-order valence-electron chi connectivity index (χ0n) is 15.8. The average Bonchev–Trinajstić information content (AvgIpc) is 3.20. The first-order valence-electron chi connectivity index (χ1n) is 8.69. The van der Waals surface area contributed by atoms with Crippen LogP contribution in [-0.4, -0.2) is 45.3 Å². The van der Waals surface area contributed by atoms with Crippen LogP contribution in [0.4, 0.5) is 5.82 Å². The fourth-order valence-electron chi connectivity index (χ4n) is 2.81. The highest BCUT2D eigenvalue weighted by Gasteiger charge is 2.11. The highest BCUT2D eigenvalue weighted by molar-refractivity contribution is 5.88. The van der Waals surface area contributed by atoms with Crippen molar-refractivity contribution in [3.05, 3.63) is 60.6 Å². The molecular weight excluding hydrogens is 372 g/mol. The summed E-state index contributed by atoms with van der Waals surface area (Å²) in [5.41, 5.74) is 5.13. The number of hydrogen-bond acceptors (Lipinski definition) is 8. The Morgan fingerprint density at radius 2 is 2.00 bits per heavy atom. The largest absolute Gasteiger partial charge is 0.504 e. The van der Waals surface area contributed by atoms with E-state index in [1.807, 2.05) is 24.3 Å². The normalized spacial score (nSPS) is 11.1. The maximum absolute atomic E-state index is 9.67. The Morgan fingerprint density at radius 3 is 2.83 bits per heavy atom. The topological polar surface area (TPSA) is 107 Å². The Hall–Kier alpha value is -4.14. The van der Waals surface area contributed by atoms with E-state index in [0.717, 1.165) is 22.4 Å². The lowest BCUT2D eigenvalue weighted by atomic mass is 10.2. The van der Waals surface area contributed by atoms with Crippen LogP contribution < -0.4 is 14.9 Å². The van der Waals surface area contributed by atoms with Crippen LogP contribution in [0.1, 0.15) is 5.56 Å². The third kappa shape index (κ3) is 3.65. The number of phenols is 1. The van der Waals surface area contributed by atoms with E-state index in [0.29, 0.717) is 17.2 Å². The van der Waals surface area contributed by atoms with Crippen molar-refractivity contribution in [3.63, 3.8) is 0 Å². The van der Waals surface area contributed by atoms with Crippen LogP contribution in [0.25, 0.3) is 16.7 Å². The number of fused-ring (bicyclic) bond motifs is 1. The second-order valence-electron chi connectivity index (χ2n) is 6.02. The molecule has 0 saturated heterocycles. The van der Waals surface area contributed by atoms with Crippen molar-refractivity contribution in [1.29, 1.82) is 0 Å². The van der Waals surface area contributed by atoms with Gasteiger partial charge in [-0.15, -0.1) is 0 Å². The van der Waals surface area contributed by atoms with E-state index < -0.39 is 0 Å². The number of hydrazone groups is 1. The van der Waals surface area contributed by atoms with Crippen molar-refractivity contribution < 1.29 is 14.6 Å². The van der Waals surface area contributed by atoms with Crippen molar-refractivity contribution >= 4 is 23.1 Å². The van der Waals surface area contributed by atoms with Gasteiger partial charge in [0.15, 0.2) is 23.0 Å². The molecule has 0 radical (unpaired) electrons. The van der Waals surface area contributed by atoms with Crippen LogP contribution in [0.2, 0.25) is 0 Å². The number of phenolic OH excluding ortho intramolecular Hbond substituents is 1. The Balaban J connectivity index is 1.61. The molecule has 0 aliphatic carbocycles. The van der Waals surface area contributed by atoms with Gasteiger partial charge in [-0.25, -0.2) is 14.6 Å². The van der Waals surface area contributed by atoms with Gasteiger partial charge in [0, 0.05) is 6.07 Å². The number of aromatic nitrogens is 4. The van der Waals surface area contributed by atoms with E-state index in [9.17, 15) is 5.11 Å². The summed E-state index contributed by atoms with van der Waals surface area (Å²) in [6.07, 6.45) is 4.72. The molecule has 0 atom stereocenters. The molecule has 2 N–H and O–H groups in total. The quantitative estimate of drug-likeness (QED) is 0.385. The summed E-state index contributed by atoms with van der Waals surface area (Å²) in [6, 6.07) is 12.5. The molecule has 9 nitrogen and oxygen atoms in total. The van der Waals surface area contributed by atoms with E-state index in [1.54, 1.807) is 42.4 Å². The molecule has 0 aliphatic rings. The number of rotatable bonds is 6. The van der Waals surface area contributed by atoms with Crippen molar-refractivity contribution in [2.75, 3.05) is 19.6 Å². The van der Waals surface area contributed by atoms with Crippen LogP contribution in [0, 0.1) is 0 Å². The molecule has 4 rings (SSSR count). The number of benzene rings is 2. The lowest BCUT2D eigenvalue weighted by Crippen LogP contribution is -2.00. The maximum Gasteiger partial charge on any atom is 0.168 e. The highest BCUT2D eigenvalue weighted by Crippen LogP contribution is 2.26. The van der Waals surface area contributed by atoms with E-state index in [-0.39, 0.29) is 5.75 Å². The number of nitrogens with zero attached hydrogens (tertiary/aromatic N) is 5. The lowest BCUT2D eigenvalue weighted by Gasteiger charge is -2.06. The van der Waals surface area contributed by atoms with Gasteiger partial charge in [0.25, 0.3) is 0 Å². The molecule has 9 heteroatoms. The molecule has 2 aromatic carbocycles. The summed E-state index contributed by atoms with van der Waals surface area (Å²) >= 11 is 0. The first-order chi connectivity index (χ1) is 14.2. The van der Waals surface area contributed by atoms with Gasteiger partial charge in [-0.2, -0.15) is 10.2 Å². The smallest absolute Gasteiger partial charge is 0.168 e. The third-order valence-corrected chi connectivity index (χ3v) is 4.25. The van der Waals surface area contributed by atoms with Gasteiger partial charge in [-0.05, 0) is 35.9 Å². The zero-order chi connectivity index (χ0) is 20.2. The fourth-order valence-corrected chi connectivity index (χ4v) is 2.81. The predicted octanol–water partition coefficient (Wildman–Crippen LogP) is 2.98. The summed E-state index contributed by atoms with van der Waals surface area (Å²) in [5.74, 6) is 1.69. The van der Waals surface area contributed by atoms with Crippen LogP contribution in [-0.2, 0) is 0 Å². The molecule has 2 heterocycles. The van der Waals surface area contributed by atoms with Crippen LogP contribution >= 0.6 is 0 Å². The SMILES string of the molecule is COc1cccc(-n2ncc3c(N/N=C/c4ccc(O)c(OC)c4)ncnc32)c1. The van der Waals surface area contributed by atoms with E-state index in [1.165, 1.54) is 13.4 Å². The standard InChI is InChI=1S/C20H18N6O3/c1-28-15-5-3-4-14(9-15)26-20-16(11-24-26)19(21-12-22-20)25-23-10-13-6-7-17(27)18(8-13)29-2/h3-12,27H,1-2H3,(H,21,22,25)/b23-10+. The van der Waals surface area contributed by atoms with Crippen molar-refractivity contribution in [1.82, 2.24) is 19.7 Å². The number of hydrogen-bond donors (Lipinski definition) is 2. The van der Waals surface area contributed by atoms with Crippen molar-refractivity contribution in [3.8, 4) is 22.9 Å². The van der Waals surface area contributed by atoms with Gasteiger partial charge in [-0.1, -0.05) is 6.07 Å². The molecule has 2 aromatic heterocycles. The van der Waals surface area contributed by atoms with E-state index in [4.69, 9.17) is 9.47 Å². The average molecular weight is 390 g/mol. The Bertz CT molecular complexity index is 1190. The molecule has 29 heavy (non-hydrogen) atoms. The second-order valence-corrected chi connectivity index (χ2v) is 6.02. The minimum absolute atomic E-state index is 0.0695. The van der Waals surface area contributed by atoms with Gasteiger partial charge >= 0.3 is 0 Å². The summed E-state index contributed by atoms with van der Waals surface area (Å²) in [6.45, 7) is 0. The molecule has 146 valence electrons. The minimum Gasteiger partial charge on any atom is -0.504 e. The summed E-state index contributed by atoms with van der Waals surface area (Å²) < 4.78 is 12.1. The van der Waals surface area contributed by atoms with Gasteiger partial charge in [0.2, 0.25) is 0 Å². The lowest BCUT2D eigenvalue weighted by molar-refractivity contribution is 0.373.